The Morgan fingerprint density at radius 2 is 1.92 bits per heavy atom. The van der Waals surface area contributed by atoms with Crippen molar-refractivity contribution in [3.8, 4) is 0 Å². The first kappa shape index (κ1) is 13.4. The zero-order valence-corrected chi connectivity index (χ0v) is 10.3. The van der Waals surface area contributed by atoms with E-state index in [1.807, 2.05) is 0 Å². The van der Waals surface area contributed by atoms with Gasteiger partial charge in [0.15, 0.2) is 6.29 Å². The second-order valence-corrected chi connectivity index (χ2v) is 2.47. The van der Waals surface area contributed by atoms with E-state index in [2.05, 4.69) is 4.74 Å². The molecule has 1 heterocycles. The van der Waals surface area contributed by atoms with Gasteiger partial charge in [0.1, 0.15) is 0 Å². The third kappa shape index (κ3) is 2.43. The summed E-state index contributed by atoms with van der Waals surface area (Å²) < 4.78 is 19.3. The number of esters is 1. The summed E-state index contributed by atoms with van der Waals surface area (Å²) in [7, 11) is 4.19. The minimum absolute atomic E-state index is 0. The Balaban J connectivity index is 0. The van der Waals surface area contributed by atoms with Gasteiger partial charge in [-0.3, -0.25) is 0 Å². The summed E-state index contributed by atoms with van der Waals surface area (Å²) in [5, 5.41) is 0. The molecule has 1 saturated heterocycles. The fraction of sp³-hybridized carbons (Fsp3) is 0.857. The molecule has 0 radical (unpaired) electrons. The van der Waals surface area contributed by atoms with Crippen molar-refractivity contribution in [2.45, 2.75) is 11.9 Å². The molecule has 1 aliphatic heterocycles. The maximum Gasteiger partial charge on any atom is 1.00 e. The molecule has 0 amide bonds. The number of epoxide rings is 1. The van der Waals surface area contributed by atoms with Crippen molar-refractivity contribution < 1.29 is 54.7 Å². The molecular weight excluding hydrogens is 187 g/mol. The van der Waals surface area contributed by atoms with Gasteiger partial charge in [-0.05, 0) is 0 Å². The van der Waals surface area contributed by atoms with E-state index >= 15 is 0 Å². The first-order chi connectivity index (χ1) is 5.71. The third-order valence-corrected chi connectivity index (χ3v) is 1.80. The standard InChI is InChI=1S/C7H12O5.Na.H/c1-9-5(8)7(4-12-7)6(10-2)11-3;;/h6H,4H2,1-3H3;;/q;+1;-1. The monoisotopic (exact) mass is 200 g/mol. The largest absolute Gasteiger partial charge is 1.00 e. The molecule has 6 heteroatoms. The van der Waals surface area contributed by atoms with Crippen molar-refractivity contribution >= 4 is 5.97 Å². The average Bonchev–Trinajstić information content (AvgIpc) is 2.87. The molecular formula is C7H13NaO5. The van der Waals surface area contributed by atoms with Gasteiger partial charge in [0, 0.05) is 14.2 Å². The number of hydrogen-bond donors (Lipinski definition) is 0. The summed E-state index contributed by atoms with van der Waals surface area (Å²) in [5.74, 6) is -0.462. The van der Waals surface area contributed by atoms with Crippen molar-refractivity contribution in [1.29, 1.82) is 0 Å². The normalized spacial score (nSPS) is 25.2. The second kappa shape index (κ2) is 5.29. The average molecular weight is 200 g/mol. The predicted molar refractivity (Wildman–Crippen MR) is 39.6 cm³/mol. The van der Waals surface area contributed by atoms with Gasteiger partial charge in [0.05, 0.1) is 13.7 Å². The number of rotatable bonds is 4. The van der Waals surface area contributed by atoms with E-state index in [1.165, 1.54) is 21.3 Å². The van der Waals surface area contributed by atoms with Crippen LogP contribution < -0.4 is 29.6 Å². The number of hydrogen-bond acceptors (Lipinski definition) is 5. The summed E-state index contributed by atoms with van der Waals surface area (Å²) in [5.41, 5.74) is -1.03. The van der Waals surface area contributed by atoms with E-state index in [0.717, 1.165) is 0 Å². The van der Waals surface area contributed by atoms with Crippen LogP contribution in [-0.4, -0.2) is 45.8 Å². The summed E-state index contributed by atoms with van der Waals surface area (Å²) >= 11 is 0. The fourth-order valence-electron chi connectivity index (χ4n) is 1.08. The van der Waals surface area contributed by atoms with Crippen LogP contribution in [0.15, 0.2) is 0 Å². The molecule has 0 aliphatic carbocycles. The Morgan fingerprint density at radius 1 is 1.46 bits per heavy atom. The molecule has 1 aliphatic rings. The zero-order valence-electron chi connectivity index (χ0n) is 9.33. The number of ether oxygens (including phenoxy) is 4. The molecule has 0 aromatic carbocycles. The van der Waals surface area contributed by atoms with E-state index < -0.39 is 17.9 Å². The third-order valence-electron chi connectivity index (χ3n) is 1.80. The Morgan fingerprint density at radius 3 is 2.15 bits per heavy atom. The van der Waals surface area contributed by atoms with Gasteiger partial charge < -0.3 is 20.4 Å². The Bertz CT molecular complexity index is 181. The quantitative estimate of drug-likeness (QED) is 0.205. The van der Waals surface area contributed by atoms with Crippen molar-refractivity contribution in [2.75, 3.05) is 27.9 Å². The van der Waals surface area contributed by atoms with Crippen molar-refractivity contribution in [3.05, 3.63) is 0 Å². The number of carbonyl (C=O) groups is 1. The molecule has 1 unspecified atom stereocenters. The van der Waals surface area contributed by atoms with Gasteiger partial charge in [-0.1, -0.05) is 0 Å². The molecule has 0 aromatic heterocycles. The van der Waals surface area contributed by atoms with Gasteiger partial charge in [-0.15, -0.1) is 0 Å². The van der Waals surface area contributed by atoms with Crippen molar-refractivity contribution in [1.82, 2.24) is 0 Å². The number of methoxy groups -OCH3 is 3. The van der Waals surface area contributed by atoms with Gasteiger partial charge in [0.2, 0.25) is 5.60 Å². The predicted octanol–water partition coefficient (Wildman–Crippen LogP) is -3.34. The maximum atomic E-state index is 11.1. The van der Waals surface area contributed by atoms with Crippen LogP contribution in [0.4, 0.5) is 0 Å². The van der Waals surface area contributed by atoms with E-state index in [0.29, 0.717) is 0 Å². The van der Waals surface area contributed by atoms with Crippen LogP contribution in [0.3, 0.4) is 0 Å². The van der Waals surface area contributed by atoms with E-state index in [1.54, 1.807) is 0 Å². The smallest absolute Gasteiger partial charge is 1.00 e. The molecule has 0 N–H and O–H groups in total. The minimum atomic E-state index is -1.03. The van der Waals surface area contributed by atoms with Gasteiger partial charge in [-0.25, -0.2) is 4.79 Å². The first-order valence-electron chi connectivity index (χ1n) is 3.49. The zero-order chi connectivity index (χ0) is 9.19. The van der Waals surface area contributed by atoms with Crippen molar-refractivity contribution in [2.24, 2.45) is 0 Å². The fourth-order valence-corrected chi connectivity index (χ4v) is 1.08. The van der Waals surface area contributed by atoms with Crippen LogP contribution in [0, 0.1) is 0 Å². The SMILES string of the molecule is COC(=O)C1(C(OC)OC)CO1.[H-].[Na+]. The van der Waals surface area contributed by atoms with Gasteiger partial charge >= 0.3 is 35.5 Å². The second-order valence-electron chi connectivity index (χ2n) is 2.47. The Hall–Kier alpha value is 0.350. The summed E-state index contributed by atoms with van der Waals surface area (Å²) in [6.07, 6.45) is -0.690. The molecule has 0 aromatic rings. The molecule has 72 valence electrons. The Kier molecular flexibility index (Phi) is 5.43. The van der Waals surface area contributed by atoms with E-state index in [9.17, 15) is 4.79 Å². The van der Waals surface area contributed by atoms with Crippen LogP contribution in [0.25, 0.3) is 0 Å². The van der Waals surface area contributed by atoms with Gasteiger partial charge in [0.25, 0.3) is 0 Å². The topological polar surface area (TPSA) is 57.3 Å². The van der Waals surface area contributed by atoms with Crippen LogP contribution >= 0.6 is 0 Å². The number of carbonyl (C=O) groups excluding carboxylic acids is 1. The van der Waals surface area contributed by atoms with Crippen LogP contribution in [0.5, 0.6) is 0 Å². The molecule has 1 rings (SSSR count). The van der Waals surface area contributed by atoms with E-state index in [4.69, 9.17) is 14.2 Å². The molecule has 1 fully saturated rings. The van der Waals surface area contributed by atoms with Crippen LogP contribution in [-0.2, 0) is 23.7 Å². The van der Waals surface area contributed by atoms with Crippen LogP contribution in [0.1, 0.15) is 1.43 Å². The maximum absolute atomic E-state index is 11.1. The van der Waals surface area contributed by atoms with Gasteiger partial charge in [-0.2, -0.15) is 0 Å². The van der Waals surface area contributed by atoms with E-state index in [-0.39, 0.29) is 37.6 Å². The molecule has 0 bridgehead atoms. The molecule has 1 atom stereocenters. The molecule has 5 nitrogen and oxygen atoms in total. The Labute approximate surface area is 100 Å². The first-order valence-corrected chi connectivity index (χ1v) is 3.49. The molecule has 13 heavy (non-hydrogen) atoms. The molecule has 0 spiro atoms. The summed E-state index contributed by atoms with van der Waals surface area (Å²) in [6, 6.07) is 0. The molecule has 0 saturated carbocycles. The summed E-state index contributed by atoms with van der Waals surface area (Å²) in [6.45, 7) is 0.284. The van der Waals surface area contributed by atoms with Crippen molar-refractivity contribution in [3.63, 3.8) is 0 Å². The van der Waals surface area contributed by atoms with Crippen LogP contribution in [0.2, 0.25) is 0 Å². The summed E-state index contributed by atoms with van der Waals surface area (Å²) in [4.78, 5) is 11.1. The minimum Gasteiger partial charge on any atom is -1.00 e.